The first-order valence-electron chi connectivity index (χ1n) is 5.60. The third-order valence-corrected chi connectivity index (χ3v) is 3.29. The minimum Gasteiger partial charge on any atom is -0.496 e. The van der Waals surface area contributed by atoms with Gasteiger partial charge in [-0.05, 0) is 33.6 Å². The number of nitrogens with one attached hydrogen (secondary N) is 1. The third kappa shape index (κ3) is 4.68. The first-order chi connectivity index (χ1) is 9.25. The van der Waals surface area contributed by atoms with Crippen LogP contribution in [0, 0.1) is 0 Å². The largest absolute Gasteiger partial charge is 0.496 e. The summed E-state index contributed by atoms with van der Waals surface area (Å²) in [5, 5.41) is 10.4. The molecule has 0 aliphatic carbocycles. The minimum absolute atomic E-state index is 0.683. The number of carboxylic acids is 1. The van der Waals surface area contributed by atoms with E-state index >= 15 is 0 Å². The zero-order valence-corrected chi connectivity index (χ0v) is 12.1. The maximum absolute atomic E-state index is 10.6. The fraction of sp³-hybridized carbons (Fsp3) is 0.417. The van der Waals surface area contributed by atoms with Gasteiger partial charge < -0.3 is 15.2 Å². The summed E-state index contributed by atoms with van der Waals surface area (Å²) in [5.41, 5.74) is 1.38. The number of aliphatic carboxylic acids is 1. The molecule has 0 aromatic heterocycles. The van der Waals surface area contributed by atoms with Crippen molar-refractivity contribution in [1.29, 1.82) is 0 Å². The fourth-order valence-electron chi connectivity index (χ4n) is 1.46. The molecule has 1 aromatic rings. The van der Waals surface area contributed by atoms with Crippen molar-refractivity contribution in [3.63, 3.8) is 0 Å². The maximum Gasteiger partial charge on any atom is 0.490 e. The van der Waals surface area contributed by atoms with Crippen molar-refractivity contribution in [3.05, 3.63) is 28.2 Å². The van der Waals surface area contributed by atoms with Gasteiger partial charge in [-0.25, -0.2) is 4.79 Å². The highest BCUT2D eigenvalue weighted by molar-refractivity contribution is 9.10. The lowest BCUT2D eigenvalue weighted by atomic mass is 9.94. The number of rotatable bonds is 2. The van der Waals surface area contributed by atoms with Gasteiger partial charge in [0.05, 0.1) is 11.6 Å². The van der Waals surface area contributed by atoms with Crippen LogP contribution in [0.1, 0.15) is 11.5 Å². The molecule has 1 aromatic carbocycles. The number of methoxy groups -OCH3 is 1. The Morgan fingerprint density at radius 3 is 2.30 bits per heavy atom. The van der Waals surface area contributed by atoms with E-state index in [1.165, 1.54) is 5.56 Å². The number of halogens is 4. The molecule has 2 N–H and O–H groups in total. The normalized spacial score (nSPS) is 14.8. The van der Waals surface area contributed by atoms with Crippen LogP contribution in [0.3, 0.4) is 0 Å². The van der Waals surface area contributed by atoms with E-state index in [9.17, 15) is 13.2 Å². The van der Waals surface area contributed by atoms with Crippen molar-refractivity contribution in [2.75, 3.05) is 20.2 Å². The van der Waals surface area contributed by atoms with Crippen LogP contribution in [0.15, 0.2) is 22.7 Å². The second-order valence-electron chi connectivity index (χ2n) is 4.05. The zero-order valence-electron chi connectivity index (χ0n) is 10.5. The molecular formula is C12H13BrF3NO3. The summed E-state index contributed by atoms with van der Waals surface area (Å²) in [7, 11) is 1.69. The van der Waals surface area contributed by atoms with Crippen LogP contribution in [-0.4, -0.2) is 37.5 Å². The first-order valence-corrected chi connectivity index (χ1v) is 6.39. The predicted octanol–water partition coefficient (Wildman–Crippen LogP) is 2.78. The molecule has 1 aliphatic rings. The molecule has 2 rings (SSSR count). The Morgan fingerprint density at radius 2 is 2.00 bits per heavy atom. The van der Waals surface area contributed by atoms with Gasteiger partial charge in [0.1, 0.15) is 5.75 Å². The van der Waals surface area contributed by atoms with E-state index in [0.717, 1.165) is 23.3 Å². The Hall–Kier alpha value is -1.28. The zero-order chi connectivity index (χ0) is 15.3. The van der Waals surface area contributed by atoms with Crippen molar-refractivity contribution >= 4 is 21.9 Å². The minimum atomic E-state index is -5.08. The number of benzene rings is 1. The predicted molar refractivity (Wildman–Crippen MR) is 70.0 cm³/mol. The quantitative estimate of drug-likeness (QED) is 0.856. The Morgan fingerprint density at radius 1 is 1.45 bits per heavy atom. The van der Waals surface area contributed by atoms with Crippen molar-refractivity contribution in [1.82, 2.24) is 5.32 Å². The molecule has 0 atom stereocenters. The second-order valence-corrected chi connectivity index (χ2v) is 4.91. The van der Waals surface area contributed by atoms with Crippen LogP contribution in [-0.2, 0) is 4.79 Å². The molecule has 1 saturated heterocycles. The standard InChI is InChI=1S/C10H12BrNO.C2HF3O2/c1-13-10-3-2-7(4-9(10)11)8-5-12-6-8;3-2(4,5)1(6)7/h2-4,8,12H,5-6H2,1H3;(H,6,7). The molecule has 0 spiro atoms. The van der Waals surface area contributed by atoms with Crippen LogP contribution < -0.4 is 10.1 Å². The van der Waals surface area contributed by atoms with E-state index in [4.69, 9.17) is 14.6 Å². The summed E-state index contributed by atoms with van der Waals surface area (Å²) in [6, 6.07) is 6.29. The lowest BCUT2D eigenvalue weighted by Gasteiger charge is -2.27. The van der Waals surface area contributed by atoms with E-state index in [0.29, 0.717) is 5.92 Å². The number of ether oxygens (including phenoxy) is 1. The summed E-state index contributed by atoms with van der Waals surface area (Å²) in [6.45, 7) is 2.19. The van der Waals surface area contributed by atoms with Gasteiger partial charge in [0.2, 0.25) is 0 Å². The molecule has 0 saturated carbocycles. The number of carbonyl (C=O) groups is 1. The third-order valence-electron chi connectivity index (χ3n) is 2.67. The molecular weight excluding hydrogens is 343 g/mol. The molecule has 1 heterocycles. The SMILES string of the molecule is COc1ccc(C2CNC2)cc1Br.O=C(O)C(F)(F)F. The molecule has 1 aliphatic heterocycles. The second kappa shape index (κ2) is 6.94. The fourth-order valence-corrected chi connectivity index (χ4v) is 2.02. The van der Waals surface area contributed by atoms with Crippen molar-refractivity contribution in [3.8, 4) is 5.75 Å². The average Bonchev–Trinajstić information content (AvgIpc) is 2.26. The van der Waals surface area contributed by atoms with Gasteiger partial charge in [-0.1, -0.05) is 6.07 Å². The molecule has 8 heteroatoms. The van der Waals surface area contributed by atoms with Gasteiger partial charge in [0, 0.05) is 19.0 Å². The highest BCUT2D eigenvalue weighted by Crippen LogP contribution is 2.29. The maximum atomic E-state index is 10.6. The lowest BCUT2D eigenvalue weighted by molar-refractivity contribution is -0.192. The molecule has 4 nitrogen and oxygen atoms in total. The van der Waals surface area contributed by atoms with E-state index in [-0.39, 0.29) is 0 Å². The topological polar surface area (TPSA) is 58.6 Å². The van der Waals surface area contributed by atoms with Crippen LogP contribution >= 0.6 is 15.9 Å². The number of hydrogen-bond acceptors (Lipinski definition) is 3. The Bertz CT molecular complexity index is 476. The summed E-state index contributed by atoms with van der Waals surface area (Å²) in [6.07, 6.45) is -5.08. The van der Waals surface area contributed by atoms with E-state index in [2.05, 4.69) is 33.4 Å². The molecule has 1 fully saturated rings. The molecule has 0 radical (unpaired) electrons. The number of alkyl halides is 3. The highest BCUT2D eigenvalue weighted by Gasteiger charge is 2.38. The van der Waals surface area contributed by atoms with Gasteiger partial charge in [-0.2, -0.15) is 13.2 Å². The number of hydrogen-bond donors (Lipinski definition) is 2. The van der Waals surface area contributed by atoms with Crippen molar-refractivity contribution in [2.45, 2.75) is 12.1 Å². The van der Waals surface area contributed by atoms with Crippen LogP contribution in [0.5, 0.6) is 5.75 Å². The van der Waals surface area contributed by atoms with Gasteiger partial charge >= 0.3 is 12.1 Å². The molecule has 112 valence electrons. The number of carboxylic acid groups (broad SMARTS) is 1. The summed E-state index contributed by atoms with van der Waals surface area (Å²) in [4.78, 5) is 8.90. The van der Waals surface area contributed by atoms with Gasteiger partial charge in [-0.15, -0.1) is 0 Å². The Kier molecular flexibility index (Phi) is 5.82. The van der Waals surface area contributed by atoms with Crippen LogP contribution in [0.2, 0.25) is 0 Å². The van der Waals surface area contributed by atoms with Gasteiger partial charge in [-0.3, -0.25) is 0 Å². The molecule has 0 unspecified atom stereocenters. The highest BCUT2D eigenvalue weighted by atomic mass is 79.9. The summed E-state index contributed by atoms with van der Waals surface area (Å²) >= 11 is 3.48. The van der Waals surface area contributed by atoms with Gasteiger partial charge in [0.25, 0.3) is 0 Å². The molecule has 0 bridgehead atoms. The van der Waals surface area contributed by atoms with Crippen LogP contribution in [0.25, 0.3) is 0 Å². The summed E-state index contributed by atoms with van der Waals surface area (Å²) < 4.78 is 37.9. The van der Waals surface area contributed by atoms with Gasteiger partial charge in [0.15, 0.2) is 0 Å². The lowest BCUT2D eigenvalue weighted by Crippen LogP contribution is -2.39. The summed E-state index contributed by atoms with van der Waals surface area (Å²) in [5.74, 6) is -1.18. The molecule has 20 heavy (non-hydrogen) atoms. The average molecular weight is 356 g/mol. The first kappa shape index (κ1) is 16.8. The Labute approximate surface area is 122 Å². The smallest absolute Gasteiger partial charge is 0.490 e. The van der Waals surface area contributed by atoms with E-state index < -0.39 is 12.1 Å². The van der Waals surface area contributed by atoms with Crippen LogP contribution in [0.4, 0.5) is 13.2 Å². The van der Waals surface area contributed by atoms with E-state index in [1.807, 2.05) is 6.07 Å². The van der Waals surface area contributed by atoms with Crippen molar-refractivity contribution in [2.24, 2.45) is 0 Å². The Balaban J connectivity index is 0.000000246. The molecule has 0 amide bonds. The van der Waals surface area contributed by atoms with E-state index in [1.54, 1.807) is 7.11 Å². The van der Waals surface area contributed by atoms with Crippen molar-refractivity contribution < 1.29 is 27.8 Å². The monoisotopic (exact) mass is 355 g/mol.